The molecule has 1 aliphatic rings. The van der Waals surface area contributed by atoms with Crippen molar-refractivity contribution in [1.82, 2.24) is 9.88 Å². The third kappa shape index (κ3) is 4.51. The maximum atomic E-state index is 12.9. The van der Waals surface area contributed by atoms with Crippen LogP contribution in [0.1, 0.15) is 16.1 Å². The number of ether oxygens (including phenoxy) is 2. The number of aromatic nitrogens is 1. The zero-order valence-electron chi connectivity index (χ0n) is 16.3. The smallest absolute Gasteiger partial charge is 0.253 e. The minimum atomic E-state index is 0.0516. The van der Waals surface area contributed by atoms with Gasteiger partial charge in [0.15, 0.2) is 0 Å². The first kappa shape index (κ1) is 19.3. The van der Waals surface area contributed by atoms with Gasteiger partial charge in [-0.3, -0.25) is 4.79 Å². The average Bonchev–Trinajstić information content (AvgIpc) is 3.31. The molecular weight excluding hydrogens is 386 g/mol. The second-order valence-corrected chi connectivity index (χ2v) is 7.46. The van der Waals surface area contributed by atoms with Gasteiger partial charge in [-0.1, -0.05) is 12.1 Å². The number of nitrogens with zero attached hydrogens (tertiary/aromatic N) is 3. The Morgan fingerprint density at radius 2 is 1.83 bits per heavy atom. The van der Waals surface area contributed by atoms with Gasteiger partial charge in [0.1, 0.15) is 18.1 Å². The fourth-order valence-corrected chi connectivity index (χ4v) is 3.93. The molecule has 1 saturated heterocycles. The summed E-state index contributed by atoms with van der Waals surface area (Å²) in [4.78, 5) is 21.2. The number of hydrogen-bond donors (Lipinski definition) is 0. The molecule has 0 atom stereocenters. The lowest BCUT2D eigenvalue weighted by Crippen LogP contribution is -2.48. The van der Waals surface area contributed by atoms with Crippen molar-refractivity contribution in [2.75, 3.05) is 38.2 Å². The molecule has 1 aromatic heterocycles. The zero-order valence-corrected chi connectivity index (χ0v) is 17.1. The van der Waals surface area contributed by atoms with Gasteiger partial charge in [-0.2, -0.15) is 0 Å². The minimum Gasteiger partial charge on any atom is -0.495 e. The van der Waals surface area contributed by atoms with E-state index in [2.05, 4.69) is 16.0 Å². The number of benzene rings is 2. The Morgan fingerprint density at radius 3 is 2.52 bits per heavy atom. The Labute approximate surface area is 174 Å². The number of methoxy groups -OCH3 is 1. The zero-order chi connectivity index (χ0) is 20.1. The van der Waals surface area contributed by atoms with Gasteiger partial charge >= 0.3 is 0 Å². The second kappa shape index (κ2) is 8.96. The van der Waals surface area contributed by atoms with Crippen LogP contribution in [0.4, 0.5) is 5.69 Å². The summed E-state index contributed by atoms with van der Waals surface area (Å²) in [6.45, 7) is 3.35. The molecule has 1 fully saturated rings. The van der Waals surface area contributed by atoms with Crippen molar-refractivity contribution >= 4 is 22.9 Å². The maximum absolute atomic E-state index is 12.9. The lowest BCUT2D eigenvalue weighted by atomic mass is 10.1. The van der Waals surface area contributed by atoms with Gasteiger partial charge in [0.2, 0.25) is 0 Å². The molecule has 2 heterocycles. The van der Waals surface area contributed by atoms with E-state index in [1.807, 2.05) is 52.7 Å². The van der Waals surface area contributed by atoms with Gasteiger partial charge in [-0.25, -0.2) is 4.98 Å². The van der Waals surface area contributed by atoms with Crippen LogP contribution >= 0.6 is 11.3 Å². The summed E-state index contributed by atoms with van der Waals surface area (Å²) in [6.07, 6.45) is 0. The first-order chi connectivity index (χ1) is 14.2. The van der Waals surface area contributed by atoms with E-state index in [1.54, 1.807) is 24.0 Å². The largest absolute Gasteiger partial charge is 0.495 e. The fraction of sp³-hybridized carbons (Fsp3) is 0.273. The van der Waals surface area contributed by atoms with Crippen LogP contribution in [-0.2, 0) is 6.61 Å². The molecule has 1 aliphatic heterocycles. The Bertz CT molecular complexity index is 936. The number of anilines is 1. The molecule has 0 N–H and O–H groups in total. The number of piperazine rings is 1. The molecule has 7 heteroatoms. The van der Waals surface area contributed by atoms with Crippen LogP contribution in [0, 0.1) is 0 Å². The van der Waals surface area contributed by atoms with Gasteiger partial charge in [0.25, 0.3) is 5.91 Å². The molecule has 29 heavy (non-hydrogen) atoms. The van der Waals surface area contributed by atoms with Crippen LogP contribution in [0.2, 0.25) is 0 Å². The molecule has 0 aliphatic carbocycles. The summed E-state index contributed by atoms with van der Waals surface area (Å²) in [5.74, 6) is 1.65. The normalized spacial score (nSPS) is 14.0. The van der Waals surface area contributed by atoms with Gasteiger partial charge in [-0.05, 0) is 36.4 Å². The summed E-state index contributed by atoms with van der Waals surface area (Å²) in [7, 11) is 1.68. The van der Waals surface area contributed by atoms with Gasteiger partial charge in [0, 0.05) is 37.1 Å². The molecule has 0 spiro atoms. The van der Waals surface area contributed by atoms with Crippen molar-refractivity contribution in [3.05, 3.63) is 70.7 Å². The van der Waals surface area contributed by atoms with E-state index in [9.17, 15) is 4.79 Å². The van der Waals surface area contributed by atoms with Crippen LogP contribution in [-0.4, -0.2) is 49.1 Å². The van der Waals surface area contributed by atoms with E-state index >= 15 is 0 Å². The van der Waals surface area contributed by atoms with E-state index < -0.39 is 0 Å². The predicted octanol–water partition coefficient (Wildman–Crippen LogP) is 3.69. The van der Waals surface area contributed by atoms with E-state index in [-0.39, 0.29) is 5.91 Å². The van der Waals surface area contributed by atoms with Gasteiger partial charge < -0.3 is 19.3 Å². The highest BCUT2D eigenvalue weighted by atomic mass is 32.1. The highest BCUT2D eigenvalue weighted by molar-refractivity contribution is 7.07. The standard InChI is InChI=1S/C22H23N3O3S/c1-27-21-5-3-2-4-20(21)24-10-12-25(13-11-24)22(26)17-6-8-19(9-7-17)28-14-18-15-29-16-23-18/h2-9,15-16H,10-14H2,1H3. The minimum absolute atomic E-state index is 0.0516. The van der Waals surface area contributed by atoms with E-state index in [1.165, 1.54) is 0 Å². The quantitative estimate of drug-likeness (QED) is 0.622. The highest BCUT2D eigenvalue weighted by Crippen LogP contribution is 2.28. The molecule has 1 amide bonds. The molecule has 0 unspecified atom stereocenters. The number of para-hydroxylation sites is 2. The summed E-state index contributed by atoms with van der Waals surface area (Å²) in [5.41, 5.74) is 4.44. The summed E-state index contributed by atoms with van der Waals surface area (Å²) < 4.78 is 11.2. The Morgan fingerprint density at radius 1 is 1.07 bits per heavy atom. The van der Waals surface area contributed by atoms with Crippen LogP contribution in [0.15, 0.2) is 59.4 Å². The topological polar surface area (TPSA) is 54.9 Å². The summed E-state index contributed by atoms with van der Waals surface area (Å²) in [6, 6.07) is 15.3. The third-order valence-electron chi connectivity index (χ3n) is 4.96. The first-order valence-electron chi connectivity index (χ1n) is 9.52. The Kier molecular flexibility index (Phi) is 5.95. The predicted molar refractivity (Wildman–Crippen MR) is 114 cm³/mol. The van der Waals surface area contributed by atoms with Crippen molar-refractivity contribution in [2.45, 2.75) is 6.61 Å². The summed E-state index contributed by atoms with van der Waals surface area (Å²) >= 11 is 1.55. The first-order valence-corrected chi connectivity index (χ1v) is 10.5. The number of amides is 1. The van der Waals surface area contributed by atoms with Crippen LogP contribution < -0.4 is 14.4 Å². The molecule has 6 nitrogen and oxygen atoms in total. The van der Waals surface area contributed by atoms with Crippen LogP contribution in [0.5, 0.6) is 11.5 Å². The van der Waals surface area contributed by atoms with E-state index in [0.717, 1.165) is 36.0 Å². The van der Waals surface area contributed by atoms with Crippen molar-refractivity contribution in [2.24, 2.45) is 0 Å². The van der Waals surface area contributed by atoms with Crippen molar-refractivity contribution in [1.29, 1.82) is 0 Å². The average molecular weight is 410 g/mol. The molecule has 0 bridgehead atoms. The second-order valence-electron chi connectivity index (χ2n) is 6.74. The van der Waals surface area contributed by atoms with Crippen molar-refractivity contribution < 1.29 is 14.3 Å². The molecule has 0 saturated carbocycles. The number of thiazole rings is 1. The van der Waals surface area contributed by atoms with Crippen molar-refractivity contribution in [3.63, 3.8) is 0 Å². The molecule has 0 radical (unpaired) electrons. The number of rotatable bonds is 6. The maximum Gasteiger partial charge on any atom is 0.253 e. The Hall–Kier alpha value is -3.06. The molecule has 3 aromatic rings. The number of carbonyl (C=O) groups excluding carboxylic acids is 1. The molecule has 2 aromatic carbocycles. The third-order valence-corrected chi connectivity index (χ3v) is 5.60. The highest BCUT2D eigenvalue weighted by Gasteiger charge is 2.23. The number of hydrogen-bond acceptors (Lipinski definition) is 6. The van der Waals surface area contributed by atoms with Crippen molar-refractivity contribution in [3.8, 4) is 11.5 Å². The summed E-state index contributed by atoms with van der Waals surface area (Å²) in [5, 5.41) is 1.96. The lowest BCUT2D eigenvalue weighted by molar-refractivity contribution is 0.0746. The monoisotopic (exact) mass is 409 g/mol. The molecule has 4 rings (SSSR count). The Balaban J connectivity index is 1.33. The lowest BCUT2D eigenvalue weighted by Gasteiger charge is -2.36. The van der Waals surface area contributed by atoms with E-state index in [4.69, 9.17) is 9.47 Å². The van der Waals surface area contributed by atoms with Gasteiger partial charge in [0.05, 0.1) is 24.0 Å². The SMILES string of the molecule is COc1ccccc1N1CCN(C(=O)c2ccc(OCc3cscn3)cc2)CC1. The fourth-order valence-electron chi connectivity index (χ4n) is 3.38. The van der Waals surface area contributed by atoms with E-state index in [0.29, 0.717) is 25.3 Å². The van der Waals surface area contributed by atoms with Gasteiger partial charge in [-0.15, -0.1) is 11.3 Å². The molecule has 150 valence electrons. The van der Waals surface area contributed by atoms with Crippen LogP contribution in [0.25, 0.3) is 0 Å². The van der Waals surface area contributed by atoms with Crippen LogP contribution in [0.3, 0.4) is 0 Å². The molecular formula is C22H23N3O3S. The number of carbonyl (C=O) groups is 1.